The average Bonchev–Trinajstić information content (AvgIpc) is 3.15. The lowest BCUT2D eigenvalue weighted by atomic mass is 9.73. The minimum Gasteiger partial charge on any atom is -0.486 e. The second-order valence-electron chi connectivity index (χ2n) is 10.6. The molecular weight excluding hydrogens is 456 g/mol. The van der Waals surface area contributed by atoms with E-state index < -0.39 is 0 Å². The van der Waals surface area contributed by atoms with Gasteiger partial charge in [0.15, 0.2) is 11.6 Å². The third-order valence-corrected chi connectivity index (χ3v) is 9.52. The summed E-state index contributed by atoms with van der Waals surface area (Å²) in [6.45, 7) is 2.62. The number of aromatic nitrogens is 3. The predicted octanol–water partition coefficient (Wildman–Crippen LogP) is 4.59. The van der Waals surface area contributed by atoms with Crippen molar-refractivity contribution in [2.24, 2.45) is 11.1 Å². The Bertz CT molecular complexity index is 1250. The molecule has 1 aromatic carbocycles. The highest BCUT2D eigenvalue weighted by Crippen LogP contribution is 2.51. The van der Waals surface area contributed by atoms with Crippen molar-refractivity contribution in [3.63, 3.8) is 0 Å². The fraction of sp³-hybridized carbons (Fsp3) is 0.444. The Morgan fingerprint density at radius 3 is 2.63 bits per heavy atom. The van der Waals surface area contributed by atoms with Crippen LogP contribution in [0, 0.1) is 5.41 Å². The van der Waals surface area contributed by atoms with Crippen LogP contribution in [0.15, 0.2) is 58.8 Å². The van der Waals surface area contributed by atoms with Crippen molar-refractivity contribution < 1.29 is 4.74 Å². The normalized spacial score (nSPS) is 23.2. The third-order valence-electron chi connectivity index (χ3n) is 8.56. The largest absolute Gasteiger partial charge is 0.486 e. The van der Waals surface area contributed by atoms with Crippen LogP contribution in [-0.2, 0) is 6.42 Å². The van der Waals surface area contributed by atoms with Gasteiger partial charge in [-0.3, -0.25) is 0 Å². The van der Waals surface area contributed by atoms with Gasteiger partial charge in [-0.1, -0.05) is 36.0 Å². The molecule has 2 fully saturated rings. The molecule has 180 valence electrons. The van der Waals surface area contributed by atoms with Gasteiger partial charge in [-0.2, -0.15) is 0 Å². The van der Waals surface area contributed by atoms with E-state index in [1.807, 2.05) is 24.7 Å². The van der Waals surface area contributed by atoms with Crippen LogP contribution in [0.4, 0.5) is 11.6 Å². The van der Waals surface area contributed by atoms with Crippen LogP contribution in [0.25, 0.3) is 0 Å². The number of anilines is 2. The number of piperidine rings is 1. The molecule has 7 nitrogen and oxygen atoms in total. The zero-order chi connectivity index (χ0) is 23.5. The summed E-state index contributed by atoms with van der Waals surface area (Å²) in [5.41, 5.74) is 9.76. The van der Waals surface area contributed by atoms with Crippen molar-refractivity contribution in [3.8, 4) is 5.75 Å². The van der Waals surface area contributed by atoms with E-state index in [4.69, 9.17) is 20.4 Å². The number of benzene rings is 1. The molecule has 2 aromatic heterocycles. The van der Waals surface area contributed by atoms with E-state index in [1.54, 1.807) is 11.8 Å². The minimum atomic E-state index is 0.0863. The molecule has 7 rings (SSSR count). The second kappa shape index (κ2) is 8.10. The number of hydrogen-bond donors (Lipinski definition) is 2. The summed E-state index contributed by atoms with van der Waals surface area (Å²) in [5, 5.41) is 4.47. The first kappa shape index (κ1) is 21.4. The second-order valence-corrected chi connectivity index (χ2v) is 11.6. The summed E-state index contributed by atoms with van der Waals surface area (Å²) in [5.74, 6) is 2.62. The SMILES string of the molecule is N[C@@H]1c2ccccc2CC12CCN(c1cnc(Sc3ccnc4c3OCC3(CCC3)N4)cn1)CC2. The van der Waals surface area contributed by atoms with E-state index in [0.717, 1.165) is 72.5 Å². The number of nitrogens with zero attached hydrogens (tertiary/aromatic N) is 4. The third kappa shape index (κ3) is 3.57. The van der Waals surface area contributed by atoms with Crippen LogP contribution in [0.1, 0.15) is 49.3 Å². The first-order chi connectivity index (χ1) is 17.1. The van der Waals surface area contributed by atoms with Crippen molar-refractivity contribution in [1.82, 2.24) is 15.0 Å². The van der Waals surface area contributed by atoms with Gasteiger partial charge in [0.1, 0.15) is 17.5 Å². The molecule has 35 heavy (non-hydrogen) atoms. The van der Waals surface area contributed by atoms with Gasteiger partial charge in [-0.05, 0) is 61.1 Å². The summed E-state index contributed by atoms with van der Waals surface area (Å²) in [6.07, 6.45) is 12.4. The molecule has 2 spiro atoms. The number of hydrogen-bond acceptors (Lipinski definition) is 8. The Hall–Kier alpha value is -2.84. The van der Waals surface area contributed by atoms with E-state index in [0.29, 0.717) is 6.61 Å². The van der Waals surface area contributed by atoms with Gasteiger partial charge in [0.25, 0.3) is 0 Å². The zero-order valence-corrected chi connectivity index (χ0v) is 20.6. The Kier molecular flexibility index (Phi) is 4.96. The highest BCUT2D eigenvalue weighted by molar-refractivity contribution is 7.99. The Morgan fingerprint density at radius 1 is 1.03 bits per heavy atom. The number of nitrogens with two attached hydrogens (primary N) is 1. The van der Waals surface area contributed by atoms with Crippen LogP contribution in [0.3, 0.4) is 0 Å². The van der Waals surface area contributed by atoms with Crippen molar-refractivity contribution in [2.75, 3.05) is 29.9 Å². The van der Waals surface area contributed by atoms with E-state index in [-0.39, 0.29) is 17.0 Å². The topological polar surface area (TPSA) is 89.2 Å². The van der Waals surface area contributed by atoms with Gasteiger partial charge in [0.05, 0.1) is 22.8 Å². The van der Waals surface area contributed by atoms with E-state index in [9.17, 15) is 0 Å². The quantitative estimate of drug-likeness (QED) is 0.556. The molecule has 8 heteroatoms. The molecule has 2 aliphatic carbocycles. The summed E-state index contributed by atoms with van der Waals surface area (Å²) in [6, 6.07) is 10.8. The fourth-order valence-electron chi connectivity index (χ4n) is 6.23. The summed E-state index contributed by atoms with van der Waals surface area (Å²) in [7, 11) is 0. The lowest BCUT2D eigenvalue weighted by molar-refractivity contribution is 0.144. The lowest BCUT2D eigenvalue weighted by Gasteiger charge is -2.45. The van der Waals surface area contributed by atoms with Crippen LogP contribution in [-0.4, -0.2) is 40.2 Å². The maximum atomic E-state index is 6.74. The van der Waals surface area contributed by atoms with Gasteiger partial charge >= 0.3 is 0 Å². The molecule has 3 N–H and O–H groups in total. The van der Waals surface area contributed by atoms with Crippen molar-refractivity contribution in [2.45, 2.75) is 60.0 Å². The summed E-state index contributed by atoms with van der Waals surface area (Å²) < 4.78 is 6.17. The van der Waals surface area contributed by atoms with Gasteiger partial charge < -0.3 is 20.7 Å². The summed E-state index contributed by atoms with van der Waals surface area (Å²) >= 11 is 1.58. The predicted molar refractivity (Wildman–Crippen MR) is 137 cm³/mol. The molecule has 1 atom stereocenters. The molecule has 4 heterocycles. The average molecular weight is 487 g/mol. The number of pyridine rings is 1. The molecule has 2 aliphatic heterocycles. The van der Waals surface area contributed by atoms with E-state index >= 15 is 0 Å². The smallest absolute Gasteiger partial charge is 0.175 e. The highest BCUT2D eigenvalue weighted by atomic mass is 32.2. The Balaban J connectivity index is 1.02. The molecule has 0 radical (unpaired) electrons. The van der Waals surface area contributed by atoms with Gasteiger partial charge in [-0.25, -0.2) is 15.0 Å². The summed E-state index contributed by atoms with van der Waals surface area (Å²) in [4.78, 5) is 17.4. The van der Waals surface area contributed by atoms with E-state index in [1.165, 1.54) is 17.5 Å². The maximum absolute atomic E-state index is 6.74. The van der Waals surface area contributed by atoms with Gasteiger partial charge in [-0.15, -0.1) is 0 Å². The number of rotatable bonds is 3. The van der Waals surface area contributed by atoms with Crippen LogP contribution in [0.5, 0.6) is 5.75 Å². The minimum absolute atomic E-state index is 0.0863. The van der Waals surface area contributed by atoms with E-state index in [2.05, 4.69) is 39.5 Å². The zero-order valence-electron chi connectivity index (χ0n) is 19.7. The standard InChI is InChI=1S/C27H30N6OS/c28-24-19-5-2-1-4-18(19)14-26(24)9-12-33(13-10-26)21-15-31-22(16-30-21)35-20-6-11-29-25-23(20)34-17-27(32-25)7-3-8-27/h1-2,4-6,11,15-16,24H,3,7-10,12-14,17,28H2,(H,29,32)/t24-/m1/s1. The molecule has 0 unspecified atom stereocenters. The van der Waals surface area contributed by atoms with Gasteiger partial charge in [0.2, 0.25) is 0 Å². The van der Waals surface area contributed by atoms with Crippen LogP contribution < -0.4 is 20.7 Å². The first-order valence-corrected chi connectivity index (χ1v) is 13.4. The van der Waals surface area contributed by atoms with Crippen molar-refractivity contribution in [3.05, 3.63) is 60.0 Å². The maximum Gasteiger partial charge on any atom is 0.175 e. The lowest BCUT2D eigenvalue weighted by Crippen LogP contribution is -2.52. The van der Waals surface area contributed by atoms with Crippen molar-refractivity contribution >= 4 is 23.4 Å². The van der Waals surface area contributed by atoms with Crippen LogP contribution in [0.2, 0.25) is 0 Å². The molecule has 1 saturated heterocycles. The molecular formula is C27H30N6OS. The van der Waals surface area contributed by atoms with Crippen LogP contribution >= 0.6 is 11.8 Å². The molecule has 0 amide bonds. The fourth-order valence-corrected chi connectivity index (χ4v) is 7.05. The van der Waals surface area contributed by atoms with Crippen molar-refractivity contribution in [1.29, 1.82) is 0 Å². The number of ether oxygens (including phenoxy) is 1. The molecule has 3 aromatic rings. The van der Waals surface area contributed by atoms with Gasteiger partial charge in [0, 0.05) is 25.3 Å². The Morgan fingerprint density at radius 2 is 1.89 bits per heavy atom. The Labute approximate surface area is 209 Å². The molecule has 4 aliphatic rings. The number of nitrogens with one attached hydrogen (secondary N) is 1. The monoisotopic (exact) mass is 486 g/mol. The highest BCUT2D eigenvalue weighted by Gasteiger charge is 2.46. The first-order valence-electron chi connectivity index (χ1n) is 12.6. The number of fused-ring (bicyclic) bond motifs is 2. The molecule has 1 saturated carbocycles. The molecule has 0 bridgehead atoms.